The number of nitrogens with zero attached hydrogens (tertiary/aromatic N) is 2. The quantitative estimate of drug-likeness (QED) is 0.475. The van der Waals surface area contributed by atoms with Crippen LogP contribution in [0.5, 0.6) is 0 Å². The smallest absolute Gasteiger partial charge is 0.269 e. The summed E-state index contributed by atoms with van der Waals surface area (Å²) in [6, 6.07) is 13.5. The van der Waals surface area contributed by atoms with Crippen molar-refractivity contribution in [3.8, 4) is 11.3 Å². The summed E-state index contributed by atoms with van der Waals surface area (Å²) in [6.07, 6.45) is -1.44. The molecule has 3 heterocycles. The zero-order valence-electron chi connectivity index (χ0n) is 13.8. The highest BCUT2D eigenvalue weighted by Crippen LogP contribution is 2.29. The minimum Gasteiger partial charge on any atom is -0.339 e. The maximum Gasteiger partial charge on any atom is 0.269 e. The lowest BCUT2D eigenvalue weighted by molar-refractivity contribution is 0.0974. The van der Waals surface area contributed by atoms with Crippen molar-refractivity contribution in [2.75, 3.05) is 0 Å². The standard InChI is InChI=1S/C19H13ClF2N4O/c20-17-15(18(21)22)16(25-26-17)14(27)7-10-6-12-8-13(24-19(12)23-9-10)11-4-2-1-3-5-11/h1-6,8-9,18H,7H2,(H,23,24)(H,25,26). The van der Waals surface area contributed by atoms with Crippen molar-refractivity contribution in [1.29, 1.82) is 0 Å². The third kappa shape index (κ3) is 3.33. The second-order valence-electron chi connectivity index (χ2n) is 6.03. The summed E-state index contributed by atoms with van der Waals surface area (Å²) in [5.41, 5.74) is 2.30. The molecule has 0 fully saturated rings. The number of fused-ring (bicyclic) bond motifs is 1. The lowest BCUT2D eigenvalue weighted by Gasteiger charge is -2.02. The lowest BCUT2D eigenvalue weighted by atomic mass is 10.1. The van der Waals surface area contributed by atoms with Crippen molar-refractivity contribution in [1.82, 2.24) is 20.2 Å². The molecular weight excluding hydrogens is 374 g/mol. The number of carbonyl (C=O) groups is 1. The van der Waals surface area contributed by atoms with E-state index in [0.29, 0.717) is 11.2 Å². The van der Waals surface area contributed by atoms with Crippen LogP contribution in [0, 0.1) is 0 Å². The van der Waals surface area contributed by atoms with Crippen LogP contribution < -0.4 is 0 Å². The third-order valence-electron chi connectivity index (χ3n) is 4.22. The number of hydrogen-bond acceptors (Lipinski definition) is 3. The predicted molar refractivity (Wildman–Crippen MR) is 98.1 cm³/mol. The Labute approximate surface area is 157 Å². The normalized spacial score (nSPS) is 11.4. The van der Waals surface area contributed by atoms with E-state index in [9.17, 15) is 13.6 Å². The Kier molecular flexibility index (Phi) is 4.45. The highest BCUT2D eigenvalue weighted by molar-refractivity contribution is 6.30. The van der Waals surface area contributed by atoms with Crippen LogP contribution in [0.25, 0.3) is 22.3 Å². The van der Waals surface area contributed by atoms with Crippen LogP contribution in [0.2, 0.25) is 5.15 Å². The average molecular weight is 387 g/mol. The summed E-state index contributed by atoms with van der Waals surface area (Å²) in [5.74, 6) is -0.548. The number of ketones is 1. The van der Waals surface area contributed by atoms with Gasteiger partial charge in [-0.05, 0) is 23.3 Å². The van der Waals surface area contributed by atoms with E-state index in [-0.39, 0.29) is 17.3 Å². The van der Waals surface area contributed by atoms with Gasteiger partial charge >= 0.3 is 0 Å². The third-order valence-corrected chi connectivity index (χ3v) is 4.50. The van der Waals surface area contributed by atoms with E-state index in [1.807, 2.05) is 36.4 Å². The van der Waals surface area contributed by atoms with E-state index in [1.54, 1.807) is 12.3 Å². The van der Waals surface area contributed by atoms with Crippen molar-refractivity contribution in [3.63, 3.8) is 0 Å². The number of carbonyl (C=O) groups excluding carboxylic acids is 1. The first-order valence-corrected chi connectivity index (χ1v) is 8.49. The van der Waals surface area contributed by atoms with E-state index in [0.717, 1.165) is 16.6 Å². The average Bonchev–Trinajstić information content (AvgIpc) is 3.25. The number of pyridine rings is 1. The summed E-state index contributed by atoms with van der Waals surface area (Å²) in [4.78, 5) is 20.0. The fourth-order valence-corrected chi connectivity index (χ4v) is 3.16. The number of nitrogens with one attached hydrogen (secondary N) is 2. The molecule has 2 N–H and O–H groups in total. The SMILES string of the molecule is O=C(Cc1cnc2[nH]c(-c3ccccc3)cc2c1)c1n[nH]c(Cl)c1C(F)F. The molecule has 136 valence electrons. The molecule has 0 atom stereocenters. The predicted octanol–water partition coefficient (Wildman–Crippen LogP) is 4.97. The van der Waals surface area contributed by atoms with Crippen LogP contribution in [0.3, 0.4) is 0 Å². The van der Waals surface area contributed by atoms with Gasteiger partial charge in [-0.25, -0.2) is 13.8 Å². The van der Waals surface area contributed by atoms with Gasteiger partial charge in [0, 0.05) is 23.7 Å². The summed E-state index contributed by atoms with van der Waals surface area (Å²) in [5, 5.41) is 6.36. The maximum absolute atomic E-state index is 13.1. The van der Waals surface area contributed by atoms with E-state index in [2.05, 4.69) is 20.2 Å². The van der Waals surface area contributed by atoms with Gasteiger partial charge < -0.3 is 4.98 Å². The molecule has 0 radical (unpaired) electrons. The lowest BCUT2D eigenvalue weighted by Crippen LogP contribution is -2.07. The zero-order chi connectivity index (χ0) is 19.0. The molecule has 1 aromatic carbocycles. The number of aromatic nitrogens is 4. The first-order valence-electron chi connectivity index (χ1n) is 8.11. The van der Waals surface area contributed by atoms with Crippen molar-refractivity contribution >= 4 is 28.4 Å². The van der Waals surface area contributed by atoms with Crippen molar-refractivity contribution in [2.24, 2.45) is 0 Å². The first kappa shape index (κ1) is 17.4. The fraction of sp³-hybridized carbons (Fsp3) is 0.105. The molecule has 5 nitrogen and oxygen atoms in total. The number of benzene rings is 1. The van der Waals surface area contributed by atoms with Gasteiger partial charge in [0.05, 0.1) is 5.56 Å². The Hall–Kier alpha value is -3.06. The molecule has 0 unspecified atom stereocenters. The zero-order valence-corrected chi connectivity index (χ0v) is 14.6. The number of aromatic amines is 2. The summed E-state index contributed by atoms with van der Waals surface area (Å²) >= 11 is 5.66. The molecule has 0 aliphatic heterocycles. The van der Waals surface area contributed by atoms with Crippen LogP contribution in [0.1, 0.15) is 28.0 Å². The molecular formula is C19H13ClF2N4O. The minimum absolute atomic E-state index is 0.101. The van der Waals surface area contributed by atoms with Crippen LogP contribution in [0.15, 0.2) is 48.7 Å². The van der Waals surface area contributed by atoms with Crippen molar-refractivity contribution in [3.05, 3.63) is 70.6 Å². The molecule has 27 heavy (non-hydrogen) atoms. The molecule has 0 spiro atoms. The molecule has 0 saturated carbocycles. The minimum atomic E-state index is -2.88. The number of hydrogen-bond donors (Lipinski definition) is 2. The summed E-state index contributed by atoms with van der Waals surface area (Å²) < 4.78 is 26.2. The van der Waals surface area contributed by atoms with Gasteiger partial charge in [-0.3, -0.25) is 9.89 Å². The first-order chi connectivity index (χ1) is 13.0. The van der Waals surface area contributed by atoms with Gasteiger partial charge in [-0.1, -0.05) is 41.9 Å². The molecule has 3 aromatic heterocycles. The van der Waals surface area contributed by atoms with Gasteiger partial charge in [0.1, 0.15) is 16.5 Å². The van der Waals surface area contributed by atoms with Gasteiger partial charge in [-0.2, -0.15) is 5.10 Å². The number of halogens is 3. The Bertz CT molecular complexity index is 1120. The number of alkyl halides is 2. The molecule has 4 rings (SSSR count). The molecule has 0 bridgehead atoms. The van der Waals surface area contributed by atoms with Gasteiger partial charge in [0.25, 0.3) is 6.43 Å². The van der Waals surface area contributed by atoms with Crippen LogP contribution in [-0.2, 0) is 6.42 Å². The second-order valence-corrected chi connectivity index (χ2v) is 6.41. The molecule has 0 aliphatic rings. The highest BCUT2D eigenvalue weighted by atomic mass is 35.5. The topological polar surface area (TPSA) is 74.4 Å². The monoisotopic (exact) mass is 386 g/mol. The molecule has 4 aromatic rings. The second kappa shape index (κ2) is 6.92. The summed E-state index contributed by atoms with van der Waals surface area (Å²) in [6.45, 7) is 0. The molecule has 0 aliphatic carbocycles. The Morgan fingerprint density at radius 2 is 1.96 bits per heavy atom. The fourth-order valence-electron chi connectivity index (χ4n) is 2.94. The van der Waals surface area contributed by atoms with E-state index in [1.165, 1.54) is 0 Å². The Morgan fingerprint density at radius 1 is 1.19 bits per heavy atom. The van der Waals surface area contributed by atoms with Gasteiger partial charge in [0.15, 0.2) is 5.78 Å². The maximum atomic E-state index is 13.1. The molecule has 0 amide bonds. The van der Waals surface area contributed by atoms with E-state index >= 15 is 0 Å². The number of rotatable bonds is 5. The van der Waals surface area contributed by atoms with Crippen molar-refractivity contribution in [2.45, 2.75) is 12.8 Å². The van der Waals surface area contributed by atoms with E-state index in [4.69, 9.17) is 11.6 Å². The number of H-pyrrole nitrogens is 2. The number of Topliss-reactive ketones (excluding diaryl/α,β-unsaturated/α-hetero) is 1. The van der Waals surface area contributed by atoms with Crippen LogP contribution >= 0.6 is 11.6 Å². The van der Waals surface area contributed by atoms with Crippen LogP contribution in [-0.4, -0.2) is 25.9 Å². The van der Waals surface area contributed by atoms with E-state index < -0.39 is 17.8 Å². The van der Waals surface area contributed by atoms with Crippen LogP contribution in [0.4, 0.5) is 8.78 Å². The Morgan fingerprint density at radius 3 is 2.70 bits per heavy atom. The highest BCUT2D eigenvalue weighted by Gasteiger charge is 2.25. The van der Waals surface area contributed by atoms with Gasteiger partial charge in [0.2, 0.25) is 0 Å². The largest absolute Gasteiger partial charge is 0.339 e. The summed E-state index contributed by atoms with van der Waals surface area (Å²) in [7, 11) is 0. The van der Waals surface area contributed by atoms with Gasteiger partial charge in [-0.15, -0.1) is 0 Å². The Balaban J connectivity index is 1.62. The molecule has 8 heteroatoms. The molecule has 0 saturated heterocycles. The van der Waals surface area contributed by atoms with Crippen molar-refractivity contribution < 1.29 is 13.6 Å².